The molecular formula is C25H16ClFN2O3S. The molecule has 1 amide bonds. The maximum absolute atomic E-state index is 13.4. The number of carbonyl (C=O) groups is 2. The minimum absolute atomic E-state index is 0.107. The number of thiazole rings is 1. The number of hydrogen-bond donors (Lipinski definition) is 1. The molecule has 0 unspecified atom stereocenters. The van der Waals surface area contributed by atoms with Crippen LogP contribution in [-0.2, 0) is 9.59 Å². The van der Waals surface area contributed by atoms with Crippen molar-refractivity contribution < 1.29 is 19.1 Å². The Kier molecular flexibility index (Phi) is 5.23. The van der Waals surface area contributed by atoms with E-state index in [9.17, 15) is 19.1 Å². The van der Waals surface area contributed by atoms with Gasteiger partial charge in [0, 0.05) is 10.6 Å². The van der Waals surface area contributed by atoms with Crippen molar-refractivity contribution in [3.05, 3.63) is 99.8 Å². The van der Waals surface area contributed by atoms with Gasteiger partial charge in [0.05, 0.1) is 21.8 Å². The lowest BCUT2D eigenvalue weighted by Crippen LogP contribution is -2.29. The molecule has 5 nitrogen and oxygen atoms in total. The zero-order valence-corrected chi connectivity index (χ0v) is 18.8. The van der Waals surface area contributed by atoms with Crippen LogP contribution in [0.4, 0.5) is 9.52 Å². The van der Waals surface area contributed by atoms with Crippen molar-refractivity contribution in [2.45, 2.75) is 13.0 Å². The first-order valence-electron chi connectivity index (χ1n) is 10.0. The Hall–Kier alpha value is -3.55. The Bertz CT molecular complexity index is 1460. The van der Waals surface area contributed by atoms with Crippen molar-refractivity contribution in [2.24, 2.45) is 0 Å². The molecule has 1 fully saturated rings. The van der Waals surface area contributed by atoms with Crippen molar-refractivity contribution in [3.8, 4) is 0 Å². The van der Waals surface area contributed by atoms with Gasteiger partial charge in [0.15, 0.2) is 5.13 Å². The number of aliphatic hydroxyl groups is 1. The second-order valence-electron chi connectivity index (χ2n) is 7.70. The number of aliphatic hydroxyl groups excluding tert-OH is 1. The molecule has 1 aliphatic rings. The third-order valence-corrected chi connectivity index (χ3v) is 6.72. The lowest BCUT2D eigenvalue weighted by molar-refractivity contribution is -0.132. The van der Waals surface area contributed by atoms with Gasteiger partial charge < -0.3 is 5.11 Å². The van der Waals surface area contributed by atoms with Crippen LogP contribution < -0.4 is 4.90 Å². The smallest absolute Gasteiger partial charge is 0.301 e. The largest absolute Gasteiger partial charge is 0.507 e. The number of carbonyl (C=O) groups excluding carboxylic acids is 2. The van der Waals surface area contributed by atoms with Crippen LogP contribution in [0, 0.1) is 12.7 Å². The number of anilines is 1. The number of fused-ring (bicyclic) bond motifs is 1. The van der Waals surface area contributed by atoms with E-state index in [2.05, 4.69) is 4.98 Å². The average molecular weight is 479 g/mol. The summed E-state index contributed by atoms with van der Waals surface area (Å²) in [5, 5.41) is 11.8. The van der Waals surface area contributed by atoms with Crippen LogP contribution in [0.1, 0.15) is 22.7 Å². The second-order valence-corrected chi connectivity index (χ2v) is 9.14. The topological polar surface area (TPSA) is 70.5 Å². The third-order valence-electron chi connectivity index (χ3n) is 5.47. The molecule has 1 atom stereocenters. The van der Waals surface area contributed by atoms with Crippen molar-refractivity contribution in [1.82, 2.24) is 4.98 Å². The molecule has 164 valence electrons. The molecule has 1 saturated heterocycles. The highest BCUT2D eigenvalue weighted by atomic mass is 35.5. The standard InChI is InChI=1S/C25H16ClFN2O3S/c1-13-5-10-18-19(11-13)33-25(28-18)29-21(15-3-2-4-16(26)12-15)20(23(31)24(29)32)22(30)14-6-8-17(27)9-7-14/h2-12,21,30H,1H3/b22-20+/t21-/m0/s1. The van der Waals surface area contributed by atoms with Gasteiger partial charge in [0.25, 0.3) is 5.78 Å². The first kappa shape index (κ1) is 21.3. The van der Waals surface area contributed by atoms with Gasteiger partial charge in [-0.15, -0.1) is 0 Å². The van der Waals surface area contributed by atoms with Gasteiger partial charge in [-0.2, -0.15) is 0 Å². The summed E-state index contributed by atoms with van der Waals surface area (Å²) in [7, 11) is 0. The van der Waals surface area contributed by atoms with Crippen LogP contribution >= 0.6 is 22.9 Å². The van der Waals surface area contributed by atoms with E-state index in [1.54, 1.807) is 24.3 Å². The normalized spacial score (nSPS) is 17.8. The van der Waals surface area contributed by atoms with E-state index < -0.39 is 29.3 Å². The summed E-state index contributed by atoms with van der Waals surface area (Å²) in [4.78, 5) is 32.3. The number of halogens is 2. The number of amides is 1. The van der Waals surface area contributed by atoms with Crippen LogP contribution in [0.3, 0.4) is 0 Å². The van der Waals surface area contributed by atoms with Gasteiger partial charge in [-0.05, 0) is 66.6 Å². The molecule has 1 aromatic heterocycles. The fourth-order valence-electron chi connectivity index (χ4n) is 3.91. The zero-order valence-electron chi connectivity index (χ0n) is 17.3. The number of Topliss-reactive ketones (excluding diaryl/α,β-unsaturated/α-hetero) is 1. The summed E-state index contributed by atoms with van der Waals surface area (Å²) < 4.78 is 14.3. The summed E-state index contributed by atoms with van der Waals surface area (Å²) in [5.41, 5.74) is 2.40. The fraction of sp³-hybridized carbons (Fsp3) is 0.0800. The third kappa shape index (κ3) is 3.69. The molecule has 0 bridgehead atoms. The van der Waals surface area contributed by atoms with E-state index in [1.165, 1.54) is 40.5 Å². The number of nitrogens with zero attached hydrogens (tertiary/aromatic N) is 2. The molecule has 4 aromatic rings. The number of aromatic nitrogens is 1. The number of rotatable bonds is 3. The van der Waals surface area contributed by atoms with E-state index in [0.717, 1.165) is 10.3 Å². The predicted molar refractivity (Wildman–Crippen MR) is 127 cm³/mol. The molecule has 0 saturated carbocycles. The molecule has 0 aliphatic carbocycles. The molecule has 2 heterocycles. The van der Waals surface area contributed by atoms with Crippen LogP contribution in [0.2, 0.25) is 5.02 Å². The highest BCUT2D eigenvalue weighted by molar-refractivity contribution is 7.22. The number of hydrogen-bond acceptors (Lipinski definition) is 5. The molecule has 0 spiro atoms. The van der Waals surface area contributed by atoms with Crippen LogP contribution in [0.5, 0.6) is 0 Å². The Morgan fingerprint density at radius 2 is 1.85 bits per heavy atom. The van der Waals surface area contributed by atoms with E-state index in [0.29, 0.717) is 21.2 Å². The Labute approximate surface area is 197 Å². The first-order valence-corrected chi connectivity index (χ1v) is 11.2. The van der Waals surface area contributed by atoms with Crippen molar-refractivity contribution in [3.63, 3.8) is 0 Å². The van der Waals surface area contributed by atoms with Crippen LogP contribution in [0.15, 0.2) is 72.3 Å². The highest BCUT2D eigenvalue weighted by Gasteiger charge is 2.48. The fourth-order valence-corrected chi connectivity index (χ4v) is 5.20. The number of aryl methyl sites for hydroxylation is 1. The van der Waals surface area contributed by atoms with Crippen molar-refractivity contribution >= 4 is 55.7 Å². The summed E-state index contributed by atoms with van der Waals surface area (Å²) in [6, 6.07) is 16.6. The van der Waals surface area contributed by atoms with Gasteiger partial charge in [0.2, 0.25) is 0 Å². The molecular weight excluding hydrogens is 463 g/mol. The Morgan fingerprint density at radius 3 is 2.58 bits per heavy atom. The molecule has 1 aliphatic heterocycles. The molecule has 0 radical (unpaired) electrons. The Morgan fingerprint density at radius 1 is 1.09 bits per heavy atom. The van der Waals surface area contributed by atoms with Crippen molar-refractivity contribution in [2.75, 3.05) is 4.90 Å². The van der Waals surface area contributed by atoms with E-state index in [4.69, 9.17) is 11.6 Å². The summed E-state index contributed by atoms with van der Waals surface area (Å²) in [5.74, 6) is -2.53. The second kappa shape index (κ2) is 8.10. The molecule has 33 heavy (non-hydrogen) atoms. The monoisotopic (exact) mass is 478 g/mol. The molecule has 8 heteroatoms. The maximum Gasteiger partial charge on any atom is 0.301 e. The molecule has 3 aromatic carbocycles. The van der Waals surface area contributed by atoms with Gasteiger partial charge in [0.1, 0.15) is 11.6 Å². The van der Waals surface area contributed by atoms with Crippen molar-refractivity contribution in [1.29, 1.82) is 0 Å². The SMILES string of the molecule is Cc1ccc2nc(N3C(=O)C(=O)/C(=C(/O)c4ccc(F)cc4)[C@@H]3c3cccc(Cl)c3)sc2c1. The summed E-state index contributed by atoms with van der Waals surface area (Å²) in [6.45, 7) is 1.96. The van der Waals surface area contributed by atoms with Crippen LogP contribution in [-0.4, -0.2) is 21.8 Å². The lowest BCUT2D eigenvalue weighted by atomic mass is 9.95. The van der Waals surface area contributed by atoms with Gasteiger partial charge in [-0.25, -0.2) is 9.37 Å². The van der Waals surface area contributed by atoms with Gasteiger partial charge in [-0.3, -0.25) is 14.5 Å². The minimum Gasteiger partial charge on any atom is -0.507 e. The number of benzene rings is 3. The van der Waals surface area contributed by atoms with E-state index in [-0.39, 0.29) is 11.1 Å². The van der Waals surface area contributed by atoms with Gasteiger partial charge >= 0.3 is 5.91 Å². The molecule has 5 rings (SSSR count). The quantitative estimate of drug-likeness (QED) is 0.222. The first-order chi connectivity index (χ1) is 15.8. The maximum atomic E-state index is 13.4. The number of ketones is 1. The average Bonchev–Trinajstić information content (AvgIpc) is 3.32. The van der Waals surface area contributed by atoms with Crippen LogP contribution in [0.25, 0.3) is 16.0 Å². The lowest BCUT2D eigenvalue weighted by Gasteiger charge is -2.23. The molecule has 1 N–H and O–H groups in total. The van der Waals surface area contributed by atoms with E-state index in [1.807, 2.05) is 25.1 Å². The Balaban J connectivity index is 1.74. The van der Waals surface area contributed by atoms with E-state index >= 15 is 0 Å². The zero-order chi connectivity index (χ0) is 23.3. The summed E-state index contributed by atoms with van der Waals surface area (Å²) >= 11 is 7.50. The van der Waals surface area contributed by atoms with Gasteiger partial charge in [-0.1, -0.05) is 41.1 Å². The summed E-state index contributed by atoms with van der Waals surface area (Å²) in [6.07, 6.45) is 0. The predicted octanol–water partition coefficient (Wildman–Crippen LogP) is 6.02. The highest BCUT2D eigenvalue weighted by Crippen LogP contribution is 2.44. The minimum atomic E-state index is -0.949.